The predicted molar refractivity (Wildman–Crippen MR) is 126 cm³/mol. The van der Waals surface area contributed by atoms with Crippen molar-refractivity contribution in [3.05, 3.63) is 91.0 Å². The maximum absolute atomic E-state index is 13.3. The minimum atomic E-state index is -0.828. The molecule has 3 aromatic carbocycles. The van der Waals surface area contributed by atoms with Gasteiger partial charge in [0.25, 0.3) is 0 Å². The van der Waals surface area contributed by atoms with Crippen molar-refractivity contribution in [3.8, 4) is 22.8 Å². The third kappa shape index (κ3) is 4.19. The van der Waals surface area contributed by atoms with Gasteiger partial charge in [0.2, 0.25) is 11.2 Å². The average Bonchev–Trinajstić information content (AvgIpc) is 2.77. The molecule has 0 aliphatic rings. The second-order valence-electron chi connectivity index (χ2n) is 6.93. The molecule has 1 heterocycles. The molecule has 1 aromatic heterocycles. The molecule has 0 radical (unpaired) electrons. The fraction of sp³-hybridized carbons (Fsp3) is 0.0833. The van der Waals surface area contributed by atoms with Crippen molar-refractivity contribution < 1.29 is 18.7 Å². The Kier molecular flexibility index (Phi) is 6.15. The van der Waals surface area contributed by atoms with E-state index in [9.17, 15) is 9.59 Å². The lowest BCUT2D eigenvalue weighted by Gasteiger charge is -2.12. The molecule has 0 bridgehead atoms. The van der Waals surface area contributed by atoms with Crippen LogP contribution in [0.2, 0.25) is 15.1 Å². The third-order valence-electron chi connectivity index (χ3n) is 4.83. The van der Waals surface area contributed by atoms with Crippen LogP contribution in [0.3, 0.4) is 0 Å². The van der Waals surface area contributed by atoms with Gasteiger partial charge in [0.15, 0.2) is 5.76 Å². The number of aryl methyl sites for hydroxylation is 1. The number of methoxy groups -OCH3 is 1. The Morgan fingerprint density at radius 3 is 2.31 bits per heavy atom. The molecule has 0 spiro atoms. The first kappa shape index (κ1) is 22.2. The molecule has 0 aliphatic heterocycles. The molecule has 0 unspecified atom stereocenters. The zero-order valence-electron chi connectivity index (χ0n) is 16.9. The van der Waals surface area contributed by atoms with Gasteiger partial charge >= 0.3 is 5.97 Å². The highest BCUT2D eigenvalue weighted by molar-refractivity contribution is 6.36. The van der Waals surface area contributed by atoms with Gasteiger partial charge in [-0.05, 0) is 67.1 Å². The fourth-order valence-corrected chi connectivity index (χ4v) is 3.78. The second kappa shape index (κ2) is 8.87. The Morgan fingerprint density at radius 2 is 1.66 bits per heavy atom. The van der Waals surface area contributed by atoms with Gasteiger partial charge in [-0.3, -0.25) is 4.79 Å². The van der Waals surface area contributed by atoms with E-state index in [4.69, 9.17) is 48.7 Å². The van der Waals surface area contributed by atoms with Gasteiger partial charge in [0.05, 0.1) is 23.1 Å². The molecule has 0 atom stereocenters. The summed E-state index contributed by atoms with van der Waals surface area (Å²) >= 11 is 18.2. The van der Waals surface area contributed by atoms with Crippen molar-refractivity contribution in [3.63, 3.8) is 0 Å². The van der Waals surface area contributed by atoms with Crippen LogP contribution < -0.4 is 14.9 Å². The number of esters is 1. The number of carbonyl (C=O) groups is 1. The quantitative estimate of drug-likeness (QED) is 0.290. The van der Waals surface area contributed by atoms with E-state index in [0.717, 1.165) is 5.56 Å². The standard InChI is InChI=1S/C24H15Cl3O5/c1-12-9-20-17(11-18(12)26)21(28)23(22(31-20)13-3-6-15(30-2)7-4-13)32-24(29)16-8-5-14(25)10-19(16)27/h3-11H,1-2H3. The van der Waals surface area contributed by atoms with Gasteiger partial charge in [0, 0.05) is 15.6 Å². The Labute approximate surface area is 198 Å². The first-order valence-electron chi connectivity index (χ1n) is 9.37. The highest BCUT2D eigenvalue weighted by Crippen LogP contribution is 2.34. The van der Waals surface area contributed by atoms with Crippen LogP contribution in [0.15, 0.2) is 63.8 Å². The van der Waals surface area contributed by atoms with Crippen LogP contribution in [0.1, 0.15) is 15.9 Å². The van der Waals surface area contributed by atoms with E-state index >= 15 is 0 Å². The van der Waals surface area contributed by atoms with Crippen molar-refractivity contribution in [2.75, 3.05) is 7.11 Å². The Balaban J connectivity index is 1.91. The Hall–Kier alpha value is -2.99. The number of hydrogen-bond acceptors (Lipinski definition) is 5. The zero-order chi connectivity index (χ0) is 23.0. The van der Waals surface area contributed by atoms with E-state index in [1.54, 1.807) is 44.4 Å². The molecule has 0 saturated heterocycles. The Morgan fingerprint density at radius 1 is 0.938 bits per heavy atom. The molecular formula is C24H15Cl3O5. The number of benzene rings is 3. The third-order valence-corrected chi connectivity index (χ3v) is 5.78. The van der Waals surface area contributed by atoms with Gasteiger partial charge < -0.3 is 13.9 Å². The summed E-state index contributed by atoms with van der Waals surface area (Å²) in [6.45, 7) is 1.80. The maximum Gasteiger partial charge on any atom is 0.345 e. The van der Waals surface area contributed by atoms with Crippen LogP contribution in [0.4, 0.5) is 0 Å². The maximum atomic E-state index is 13.3. The number of ether oxygens (including phenoxy) is 2. The SMILES string of the molecule is COc1ccc(-c2oc3cc(C)c(Cl)cc3c(=O)c2OC(=O)c2ccc(Cl)cc2Cl)cc1. The molecule has 4 aromatic rings. The molecule has 0 amide bonds. The van der Waals surface area contributed by atoms with Gasteiger partial charge in [-0.1, -0.05) is 34.8 Å². The van der Waals surface area contributed by atoms with E-state index in [-0.39, 0.29) is 27.5 Å². The summed E-state index contributed by atoms with van der Waals surface area (Å²) in [6, 6.07) is 14.3. The summed E-state index contributed by atoms with van der Waals surface area (Å²) in [4.78, 5) is 26.2. The first-order chi connectivity index (χ1) is 15.3. The van der Waals surface area contributed by atoms with Gasteiger partial charge in [-0.25, -0.2) is 4.79 Å². The summed E-state index contributed by atoms with van der Waals surface area (Å²) in [5.74, 6) is -0.402. The molecule has 0 N–H and O–H groups in total. The number of rotatable bonds is 4. The zero-order valence-corrected chi connectivity index (χ0v) is 19.1. The fourth-order valence-electron chi connectivity index (χ4n) is 3.13. The van der Waals surface area contributed by atoms with Crippen molar-refractivity contribution in [2.45, 2.75) is 6.92 Å². The van der Waals surface area contributed by atoms with E-state index < -0.39 is 11.4 Å². The second-order valence-corrected chi connectivity index (χ2v) is 8.18. The van der Waals surface area contributed by atoms with Crippen molar-refractivity contribution in [1.82, 2.24) is 0 Å². The minimum Gasteiger partial charge on any atom is -0.497 e. The number of fused-ring (bicyclic) bond motifs is 1. The normalized spacial score (nSPS) is 10.9. The van der Waals surface area contributed by atoms with E-state index in [2.05, 4.69) is 0 Å². The van der Waals surface area contributed by atoms with Crippen LogP contribution >= 0.6 is 34.8 Å². The van der Waals surface area contributed by atoms with E-state index in [1.807, 2.05) is 0 Å². The summed E-state index contributed by atoms with van der Waals surface area (Å²) in [5.41, 5.74) is 1.07. The van der Waals surface area contributed by atoms with Crippen LogP contribution in [-0.2, 0) is 0 Å². The lowest BCUT2D eigenvalue weighted by atomic mass is 10.1. The molecule has 0 aliphatic carbocycles. The molecule has 5 nitrogen and oxygen atoms in total. The molecule has 8 heteroatoms. The smallest absolute Gasteiger partial charge is 0.345 e. The van der Waals surface area contributed by atoms with Crippen molar-refractivity contribution in [2.24, 2.45) is 0 Å². The molecule has 0 saturated carbocycles. The molecular weight excluding hydrogens is 475 g/mol. The number of carbonyl (C=O) groups excluding carboxylic acids is 1. The number of halogens is 3. The average molecular weight is 490 g/mol. The summed E-state index contributed by atoms with van der Waals surface area (Å²) in [5, 5.41) is 1.03. The topological polar surface area (TPSA) is 65.7 Å². The lowest BCUT2D eigenvalue weighted by Crippen LogP contribution is -2.16. The predicted octanol–water partition coefficient (Wildman–Crippen LogP) is 6.96. The summed E-state index contributed by atoms with van der Waals surface area (Å²) in [6.07, 6.45) is 0. The largest absolute Gasteiger partial charge is 0.497 e. The van der Waals surface area contributed by atoms with E-state index in [0.29, 0.717) is 26.9 Å². The van der Waals surface area contributed by atoms with Gasteiger partial charge in [-0.2, -0.15) is 0 Å². The molecule has 162 valence electrons. The van der Waals surface area contributed by atoms with Crippen molar-refractivity contribution in [1.29, 1.82) is 0 Å². The van der Waals surface area contributed by atoms with Crippen LogP contribution in [0.25, 0.3) is 22.3 Å². The van der Waals surface area contributed by atoms with E-state index in [1.165, 1.54) is 24.3 Å². The minimum absolute atomic E-state index is 0.0539. The first-order valence-corrected chi connectivity index (χ1v) is 10.5. The highest BCUT2D eigenvalue weighted by Gasteiger charge is 2.23. The van der Waals surface area contributed by atoms with Crippen LogP contribution in [0, 0.1) is 6.92 Å². The van der Waals surface area contributed by atoms with Gasteiger partial charge in [0.1, 0.15) is 11.3 Å². The summed E-state index contributed by atoms with van der Waals surface area (Å²) in [7, 11) is 1.54. The lowest BCUT2D eigenvalue weighted by molar-refractivity contribution is 0.0731. The highest BCUT2D eigenvalue weighted by atomic mass is 35.5. The Bertz CT molecular complexity index is 1410. The molecule has 4 rings (SSSR count). The molecule has 0 fully saturated rings. The monoisotopic (exact) mass is 488 g/mol. The van der Waals surface area contributed by atoms with Crippen LogP contribution in [0.5, 0.6) is 11.5 Å². The number of hydrogen-bond donors (Lipinski definition) is 0. The van der Waals surface area contributed by atoms with Crippen molar-refractivity contribution >= 4 is 51.7 Å². The molecule has 32 heavy (non-hydrogen) atoms. The van der Waals surface area contributed by atoms with Gasteiger partial charge in [-0.15, -0.1) is 0 Å². The summed E-state index contributed by atoms with van der Waals surface area (Å²) < 4.78 is 16.7. The van der Waals surface area contributed by atoms with Crippen LogP contribution in [-0.4, -0.2) is 13.1 Å².